The first-order valence-corrected chi connectivity index (χ1v) is 34.8. The van der Waals surface area contributed by atoms with Gasteiger partial charge in [0.15, 0.2) is 22.7 Å². The summed E-state index contributed by atoms with van der Waals surface area (Å²) in [5, 5.41) is 20.0. The first-order chi connectivity index (χ1) is 27.1. The third kappa shape index (κ3) is 12.5. The van der Waals surface area contributed by atoms with Crippen molar-refractivity contribution in [1.29, 1.82) is 10.5 Å². The number of anilines is 2. The number of nitrogens with zero attached hydrogens (tertiary/aromatic N) is 8. The van der Waals surface area contributed by atoms with Crippen LogP contribution in [-0.4, -0.2) is 63.3 Å². The van der Waals surface area contributed by atoms with Gasteiger partial charge in [-0.15, -0.1) is 0 Å². The average Bonchev–Trinajstić information content (AvgIpc) is 3.18. The fraction of sp³-hybridized carbons (Fsp3) is 0.381. The summed E-state index contributed by atoms with van der Waals surface area (Å²) in [4.78, 5) is 13.9. The summed E-state index contributed by atoms with van der Waals surface area (Å²) < 4.78 is 16.8. The summed E-state index contributed by atoms with van der Waals surface area (Å²) >= 11 is 0. The molecule has 0 saturated heterocycles. The van der Waals surface area contributed by atoms with E-state index in [1.165, 1.54) is 11.1 Å². The molecule has 4 aliphatic rings. The molecule has 2 aliphatic carbocycles. The molecule has 0 fully saturated rings. The number of aromatic nitrogens is 2. The Morgan fingerprint density at radius 3 is 1.32 bits per heavy atom. The van der Waals surface area contributed by atoms with E-state index in [9.17, 15) is 0 Å². The number of aryl methyl sites for hydroxylation is 2. The van der Waals surface area contributed by atoms with Crippen molar-refractivity contribution in [3.05, 3.63) is 82.5 Å². The van der Waals surface area contributed by atoms with Gasteiger partial charge in [0.1, 0.15) is 49.6 Å². The van der Waals surface area contributed by atoms with Crippen molar-refractivity contribution in [2.75, 3.05) is 63.2 Å². The Labute approximate surface area is 354 Å². The normalized spacial score (nSPS) is 12.2. The molecule has 10 nitrogen and oxygen atoms in total. The van der Waals surface area contributed by atoms with Crippen LogP contribution in [0.25, 0.3) is 45.1 Å². The zero-order chi connectivity index (χ0) is 41.9. The van der Waals surface area contributed by atoms with E-state index in [0.717, 1.165) is 93.4 Å². The number of benzene rings is 4. The molecule has 6 rings (SSSR count). The van der Waals surface area contributed by atoms with Crippen LogP contribution in [0.2, 0.25) is 0 Å². The summed E-state index contributed by atoms with van der Waals surface area (Å²) in [7, 11) is 21.0. The Morgan fingerprint density at radius 2 is 1.00 bits per heavy atom. The molecular weight excluding hydrogens is 856 g/mol. The summed E-state index contributed by atoms with van der Waals surface area (Å²) in [6.45, 7) is 17.6. The van der Waals surface area contributed by atoms with E-state index in [4.69, 9.17) is 68.1 Å². The standard InChI is InChI=1S/2C21H25N4O.4ClH.Zn/c2*1-5-24(4)19-14-21-18(12-15(19)3)23-17-9-8-16(13-20(17)26-21)25(6-2)11-7-10-22;;;;;/h2*8-9,12-14H,5-7,11H2,1-4H3;4*1H;/q2*+1;;;;;+2/p-4. The molecule has 2 aromatic rings. The number of halogens is 4. The van der Waals surface area contributed by atoms with Crippen molar-refractivity contribution in [1.82, 2.24) is 19.1 Å². The van der Waals surface area contributed by atoms with Crippen molar-refractivity contribution in [2.24, 2.45) is 0 Å². The van der Waals surface area contributed by atoms with Crippen LogP contribution in [0.4, 0.5) is 11.4 Å². The maximum atomic E-state index is 8.85. The summed E-state index contributed by atoms with van der Waals surface area (Å²) in [6, 6.07) is 24.8. The van der Waals surface area contributed by atoms with Gasteiger partial charge >= 0.3 is 49.6 Å². The summed E-state index contributed by atoms with van der Waals surface area (Å²) in [6.07, 6.45) is 1.01. The topological polar surface area (TPSA) is 112 Å². The number of rotatable bonds is 10. The Morgan fingerprint density at radius 1 is 0.632 bits per heavy atom. The van der Waals surface area contributed by atoms with Crippen molar-refractivity contribution < 1.29 is 19.6 Å². The monoisotopic (exact) mass is 902 g/mol. The van der Waals surface area contributed by atoms with Gasteiger partial charge in [-0.3, -0.25) is 0 Å². The van der Waals surface area contributed by atoms with Gasteiger partial charge in [-0.25, -0.2) is 19.1 Å². The van der Waals surface area contributed by atoms with Crippen LogP contribution in [-0.2, 0) is 10.8 Å². The van der Waals surface area contributed by atoms with Crippen molar-refractivity contribution in [2.45, 2.75) is 54.4 Å². The quantitative estimate of drug-likeness (QED) is 0.0760. The van der Waals surface area contributed by atoms with Crippen LogP contribution in [0, 0.1) is 36.5 Å². The van der Waals surface area contributed by atoms with E-state index < -0.39 is 10.8 Å². The molecular formula is C42H50Cl4N8O2Zn. The predicted octanol–water partition coefficient (Wildman–Crippen LogP) is 9.56. The van der Waals surface area contributed by atoms with Crippen molar-refractivity contribution in [3.63, 3.8) is 0 Å². The van der Waals surface area contributed by atoms with Gasteiger partial charge in [-0.1, -0.05) is 0 Å². The molecule has 0 bridgehead atoms. The van der Waals surface area contributed by atoms with Gasteiger partial charge in [0.2, 0.25) is 10.7 Å². The molecule has 300 valence electrons. The summed E-state index contributed by atoms with van der Waals surface area (Å²) in [5.74, 6) is 1.58. The van der Waals surface area contributed by atoms with Gasteiger partial charge in [-0.2, -0.15) is 10.5 Å². The van der Waals surface area contributed by atoms with Crippen LogP contribution in [0.1, 0.15) is 51.7 Å². The third-order valence-corrected chi connectivity index (χ3v) is 9.62. The van der Waals surface area contributed by atoms with Crippen LogP contribution < -0.4 is 29.7 Å². The number of hydrogen-bond donors (Lipinski definition) is 0. The molecule has 15 heteroatoms. The van der Waals surface area contributed by atoms with E-state index in [0.29, 0.717) is 25.9 Å². The number of nitriles is 2. The molecule has 0 amide bonds. The molecule has 0 unspecified atom stereocenters. The molecule has 0 aromatic heterocycles. The third-order valence-electron chi connectivity index (χ3n) is 9.62. The second-order valence-electron chi connectivity index (χ2n) is 13.6. The first kappa shape index (κ1) is 45.7. The average molecular weight is 906 g/mol. The van der Waals surface area contributed by atoms with E-state index in [2.05, 4.69) is 111 Å². The molecule has 0 spiro atoms. The number of fused-ring (bicyclic) bond motifs is 4. The van der Waals surface area contributed by atoms with Gasteiger partial charge in [0, 0.05) is 60.8 Å². The van der Waals surface area contributed by atoms with Gasteiger partial charge in [0.05, 0.1) is 37.1 Å². The number of hydrogen-bond acceptors (Lipinski definition) is 8. The second-order valence-corrected chi connectivity index (χ2v) is 41.3. The van der Waals surface area contributed by atoms with Crippen molar-refractivity contribution in [3.8, 4) is 35.0 Å². The van der Waals surface area contributed by atoms with Crippen LogP contribution in [0.5, 0.6) is 0 Å². The van der Waals surface area contributed by atoms with Crippen LogP contribution in [0.3, 0.4) is 0 Å². The zero-order valence-electron chi connectivity index (χ0n) is 34.0. The fourth-order valence-electron chi connectivity index (χ4n) is 6.38. The second kappa shape index (κ2) is 21.2. The van der Waals surface area contributed by atoms with E-state index >= 15 is 0 Å². The van der Waals surface area contributed by atoms with Crippen LogP contribution in [0.15, 0.2) is 69.5 Å². The molecule has 2 aliphatic heterocycles. The summed E-state index contributed by atoms with van der Waals surface area (Å²) in [5.41, 5.74) is 9.43. The molecule has 2 heterocycles. The van der Waals surface area contributed by atoms with E-state index in [-0.39, 0.29) is 0 Å². The maximum absolute atomic E-state index is 8.85. The SMILES string of the molecule is CCN(CCC#N)c1ccc2nc3cc(C)c(=[N+](C)CC)cc-3oc2c1.CCN(CCC#N)c1ccc2nc3cc(C)c(=[N+](C)CC)cc-3oc2c1.[Cl][Zn-2]([Cl])([Cl])[Cl]. The van der Waals surface area contributed by atoms with Crippen LogP contribution >= 0.6 is 38.8 Å². The van der Waals surface area contributed by atoms with Gasteiger partial charge < -0.3 is 18.6 Å². The fourth-order valence-corrected chi connectivity index (χ4v) is 6.38. The van der Waals surface area contributed by atoms with Gasteiger partial charge in [0.25, 0.3) is 0 Å². The molecule has 0 radical (unpaired) electrons. The molecule has 2 aromatic carbocycles. The van der Waals surface area contributed by atoms with E-state index in [1.54, 1.807) is 0 Å². The Hall–Kier alpha value is -3.96. The molecule has 0 N–H and O–H groups in total. The predicted molar refractivity (Wildman–Crippen MR) is 234 cm³/mol. The minimum absolute atomic E-state index is 0.505. The van der Waals surface area contributed by atoms with E-state index in [1.807, 2.05) is 36.4 Å². The Kier molecular flexibility index (Phi) is 17.0. The van der Waals surface area contributed by atoms with Gasteiger partial charge in [-0.05, 0) is 77.9 Å². The minimum atomic E-state index is -3.36. The molecule has 57 heavy (non-hydrogen) atoms. The van der Waals surface area contributed by atoms with Crippen molar-refractivity contribution >= 4 is 72.3 Å². The first-order valence-electron chi connectivity index (χ1n) is 19.2. The molecule has 0 atom stereocenters. The zero-order valence-corrected chi connectivity index (χ0v) is 40.0. The Balaban J connectivity index is 0.000000226. The Bertz CT molecular complexity index is 2310. The molecule has 0 saturated carbocycles.